The lowest BCUT2D eigenvalue weighted by Crippen LogP contribution is -2.37. The Balaban J connectivity index is 1.98. The maximum absolute atomic E-state index is 11.9. The van der Waals surface area contributed by atoms with Crippen molar-refractivity contribution in [2.24, 2.45) is 0 Å². The third-order valence-electron chi connectivity index (χ3n) is 2.44. The monoisotopic (exact) mass is 290 g/mol. The Bertz CT molecular complexity index is 660. The molecule has 8 heteroatoms. The molecule has 2 aromatic rings. The number of aromatic nitrogens is 1. The van der Waals surface area contributed by atoms with Crippen LogP contribution < -0.4 is 10.2 Å². The zero-order valence-corrected chi connectivity index (χ0v) is 10.3. The second-order valence-electron chi connectivity index (χ2n) is 3.85. The van der Waals surface area contributed by atoms with Crippen LogP contribution in [-0.4, -0.2) is 23.6 Å². The van der Waals surface area contributed by atoms with Gasteiger partial charge in [-0.1, -0.05) is 17.4 Å². The number of rotatable bonds is 3. The first-order valence-electron chi connectivity index (χ1n) is 5.33. The van der Waals surface area contributed by atoms with Crippen molar-refractivity contribution in [2.75, 3.05) is 6.54 Å². The van der Waals surface area contributed by atoms with Crippen molar-refractivity contribution in [2.45, 2.75) is 12.6 Å². The van der Waals surface area contributed by atoms with Crippen LogP contribution in [0.15, 0.2) is 23.0 Å². The number of H-pyrrole nitrogens is 1. The molecular formula is C11H9F3N2O2S. The average molecular weight is 290 g/mol. The van der Waals surface area contributed by atoms with E-state index in [0.29, 0.717) is 5.52 Å². The molecule has 1 aromatic carbocycles. The van der Waals surface area contributed by atoms with Crippen LogP contribution in [0.2, 0.25) is 0 Å². The van der Waals surface area contributed by atoms with Crippen LogP contribution in [0.4, 0.5) is 13.2 Å². The summed E-state index contributed by atoms with van der Waals surface area (Å²) < 4.78 is 36.6. The highest BCUT2D eigenvalue weighted by molar-refractivity contribution is 7.16. The number of fused-ring (bicyclic) bond motifs is 1. The van der Waals surface area contributed by atoms with Crippen LogP contribution in [0, 0.1) is 0 Å². The van der Waals surface area contributed by atoms with Crippen LogP contribution in [0.25, 0.3) is 10.2 Å². The molecule has 0 aliphatic rings. The zero-order valence-electron chi connectivity index (χ0n) is 9.50. The minimum absolute atomic E-state index is 0.108. The van der Waals surface area contributed by atoms with Crippen LogP contribution >= 0.6 is 11.3 Å². The normalized spacial score (nSPS) is 11.7. The predicted molar refractivity (Wildman–Crippen MR) is 65.2 cm³/mol. The Morgan fingerprint density at radius 3 is 2.79 bits per heavy atom. The second kappa shape index (κ2) is 5.04. The topological polar surface area (TPSA) is 62.0 Å². The number of carbonyl (C=O) groups excluding carboxylic acids is 1. The minimum atomic E-state index is -4.86. The number of halogens is 3. The molecule has 19 heavy (non-hydrogen) atoms. The highest BCUT2D eigenvalue weighted by Gasteiger charge is 2.38. The fourth-order valence-corrected chi connectivity index (χ4v) is 2.37. The van der Waals surface area contributed by atoms with Gasteiger partial charge in [-0.25, -0.2) is 0 Å². The van der Waals surface area contributed by atoms with E-state index in [0.717, 1.165) is 21.6 Å². The van der Waals surface area contributed by atoms with Crippen molar-refractivity contribution >= 4 is 27.5 Å². The summed E-state index contributed by atoms with van der Waals surface area (Å²) in [6.45, 7) is -0.108. The van der Waals surface area contributed by atoms with Gasteiger partial charge in [0, 0.05) is 6.54 Å². The number of hydrogen-bond acceptors (Lipinski definition) is 3. The molecule has 0 bridgehead atoms. The number of alkyl halides is 3. The lowest BCUT2D eigenvalue weighted by molar-refractivity contribution is -0.173. The van der Waals surface area contributed by atoms with Crippen LogP contribution in [0.5, 0.6) is 0 Å². The molecule has 0 unspecified atom stereocenters. The van der Waals surface area contributed by atoms with Crippen molar-refractivity contribution in [3.05, 3.63) is 33.4 Å². The highest BCUT2D eigenvalue weighted by atomic mass is 32.1. The number of nitrogens with one attached hydrogen (secondary N) is 2. The largest absolute Gasteiger partial charge is 0.471 e. The smallest absolute Gasteiger partial charge is 0.348 e. The van der Waals surface area contributed by atoms with E-state index in [2.05, 4.69) is 4.98 Å². The van der Waals surface area contributed by atoms with Gasteiger partial charge in [-0.2, -0.15) is 13.2 Å². The molecule has 1 amide bonds. The molecule has 0 aliphatic heterocycles. The molecule has 0 aliphatic carbocycles. The number of benzene rings is 1. The van der Waals surface area contributed by atoms with Gasteiger partial charge in [0.25, 0.3) is 0 Å². The van der Waals surface area contributed by atoms with E-state index in [1.165, 1.54) is 0 Å². The van der Waals surface area contributed by atoms with Crippen molar-refractivity contribution in [1.29, 1.82) is 0 Å². The third-order valence-corrected chi connectivity index (χ3v) is 3.29. The lowest BCUT2D eigenvalue weighted by atomic mass is 10.1. The van der Waals surface area contributed by atoms with Crippen molar-refractivity contribution in [1.82, 2.24) is 10.3 Å². The second-order valence-corrected chi connectivity index (χ2v) is 4.86. The molecule has 102 valence electrons. The average Bonchev–Trinajstić information content (AvgIpc) is 2.67. The van der Waals surface area contributed by atoms with Gasteiger partial charge in [0.1, 0.15) is 0 Å². The molecule has 0 spiro atoms. The summed E-state index contributed by atoms with van der Waals surface area (Å²) >= 11 is 1.03. The first-order chi connectivity index (χ1) is 8.86. The summed E-state index contributed by atoms with van der Waals surface area (Å²) in [6.07, 6.45) is -4.59. The summed E-state index contributed by atoms with van der Waals surface area (Å²) in [4.78, 5) is 24.1. The van der Waals surface area contributed by atoms with Crippen LogP contribution in [-0.2, 0) is 11.2 Å². The Morgan fingerprint density at radius 2 is 2.11 bits per heavy atom. The summed E-state index contributed by atoms with van der Waals surface area (Å²) in [7, 11) is 0. The van der Waals surface area contributed by atoms with Crippen LogP contribution in [0.3, 0.4) is 0 Å². The zero-order chi connectivity index (χ0) is 14.0. The fraction of sp³-hybridized carbons (Fsp3) is 0.273. The van der Waals surface area contributed by atoms with Gasteiger partial charge < -0.3 is 10.3 Å². The van der Waals surface area contributed by atoms with E-state index < -0.39 is 12.1 Å². The first kappa shape index (κ1) is 13.6. The highest BCUT2D eigenvalue weighted by Crippen LogP contribution is 2.17. The number of carbonyl (C=O) groups is 1. The summed E-state index contributed by atoms with van der Waals surface area (Å²) in [5, 5.41) is 1.79. The van der Waals surface area contributed by atoms with E-state index in [4.69, 9.17) is 0 Å². The molecule has 2 N–H and O–H groups in total. The Hall–Kier alpha value is -1.83. The third kappa shape index (κ3) is 3.34. The molecule has 0 atom stereocenters. The number of amides is 1. The van der Waals surface area contributed by atoms with Crippen molar-refractivity contribution in [3.63, 3.8) is 0 Å². The Morgan fingerprint density at radius 1 is 1.37 bits per heavy atom. The number of aromatic amines is 1. The minimum Gasteiger partial charge on any atom is -0.348 e. The van der Waals surface area contributed by atoms with E-state index in [9.17, 15) is 22.8 Å². The van der Waals surface area contributed by atoms with E-state index in [1.54, 1.807) is 23.5 Å². The first-order valence-corrected chi connectivity index (χ1v) is 6.15. The molecule has 0 saturated heterocycles. The van der Waals surface area contributed by atoms with E-state index >= 15 is 0 Å². The van der Waals surface area contributed by atoms with Gasteiger partial charge in [0.05, 0.1) is 10.2 Å². The maximum atomic E-state index is 11.9. The molecule has 2 rings (SSSR count). The van der Waals surface area contributed by atoms with Gasteiger partial charge >= 0.3 is 17.0 Å². The van der Waals surface area contributed by atoms with Gasteiger partial charge in [-0.15, -0.1) is 0 Å². The molecular weight excluding hydrogens is 281 g/mol. The van der Waals surface area contributed by atoms with Crippen molar-refractivity contribution in [3.8, 4) is 0 Å². The SMILES string of the molecule is O=C(NCCc1ccc2[nH]c(=O)sc2c1)C(F)(F)F. The van der Waals surface area contributed by atoms with Gasteiger partial charge in [-0.3, -0.25) is 9.59 Å². The number of thiazole rings is 1. The van der Waals surface area contributed by atoms with Gasteiger partial charge in [-0.05, 0) is 24.1 Å². The van der Waals surface area contributed by atoms with E-state index in [-0.39, 0.29) is 17.8 Å². The van der Waals surface area contributed by atoms with Gasteiger partial charge in [0.15, 0.2) is 0 Å². The molecule has 0 saturated carbocycles. The Kier molecular flexibility index (Phi) is 3.61. The Labute approximate surface area is 109 Å². The van der Waals surface area contributed by atoms with E-state index in [1.807, 2.05) is 0 Å². The molecule has 0 fully saturated rings. The van der Waals surface area contributed by atoms with Crippen molar-refractivity contribution < 1.29 is 18.0 Å². The summed E-state index contributed by atoms with van der Waals surface area (Å²) in [6, 6.07) is 5.11. The summed E-state index contributed by atoms with van der Waals surface area (Å²) in [5.74, 6) is -1.94. The quantitative estimate of drug-likeness (QED) is 0.905. The fourth-order valence-electron chi connectivity index (χ4n) is 1.57. The molecule has 0 radical (unpaired) electrons. The standard InChI is InChI=1S/C11H9F3N2O2S/c12-11(13,14)9(17)15-4-3-6-1-2-7-8(5-6)19-10(18)16-7/h1-2,5H,3-4H2,(H,15,17)(H,16,18). The predicted octanol–water partition coefficient (Wildman–Crippen LogP) is 1.81. The molecule has 1 heterocycles. The maximum Gasteiger partial charge on any atom is 0.471 e. The van der Waals surface area contributed by atoms with Crippen LogP contribution in [0.1, 0.15) is 5.56 Å². The molecule has 1 aromatic heterocycles. The lowest BCUT2D eigenvalue weighted by Gasteiger charge is -2.07. The molecule has 4 nitrogen and oxygen atoms in total. The number of hydrogen-bond donors (Lipinski definition) is 2. The van der Waals surface area contributed by atoms with Gasteiger partial charge in [0.2, 0.25) is 0 Å². The summed E-state index contributed by atoms with van der Waals surface area (Å²) in [5.41, 5.74) is 1.45.